The van der Waals surface area contributed by atoms with Gasteiger partial charge in [0.15, 0.2) is 0 Å². The van der Waals surface area contributed by atoms with Gasteiger partial charge in [0.1, 0.15) is 22.3 Å². The van der Waals surface area contributed by atoms with Gasteiger partial charge in [-0.15, -0.1) is 0 Å². The van der Waals surface area contributed by atoms with E-state index in [0.29, 0.717) is 0 Å². The highest BCUT2D eigenvalue weighted by atomic mass is 16.3. The Morgan fingerprint density at radius 2 is 1.00 bits per heavy atom. The van der Waals surface area contributed by atoms with Crippen LogP contribution in [0.25, 0.3) is 87.3 Å². The van der Waals surface area contributed by atoms with Gasteiger partial charge in [-0.25, -0.2) is 0 Å². The third-order valence-corrected chi connectivity index (χ3v) is 10.4. The van der Waals surface area contributed by atoms with Crippen molar-refractivity contribution >= 4 is 93.3 Å². The van der Waals surface area contributed by atoms with Crippen molar-refractivity contribution in [3.63, 3.8) is 0 Å². The van der Waals surface area contributed by atoms with Crippen LogP contribution in [-0.2, 0) is 0 Å². The first-order valence-corrected chi connectivity index (χ1v) is 17.3. The summed E-state index contributed by atoms with van der Waals surface area (Å²) in [6.07, 6.45) is 0. The van der Waals surface area contributed by atoms with Crippen molar-refractivity contribution in [3.8, 4) is 11.1 Å². The fourth-order valence-electron chi connectivity index (χ4n) is 8.11. The molecule has 11 rings (SSSR count). The minimum absolute atomic E-state index is 0.865. The number of benzene rings is 9. The fraction of sp³-hybridized carbons (Fsp3) is 0. The topological polar surface area (TPSA) is 29.5 Å². The van der Waals surface area contributed by atoms with E-state index >= 15 is 0 Å². The van der Waals surface area contributed by atoms with Crippen LogP contribution >= 0.6 is 0 Å². The highest BCUT2D eigenvalue weighted by molar-refractivity contribution is 6.19. The van der Waals surface area contributed by atoms with E-state index in [1.165, 1.54) is 26.9 Å². The van der Waals surface area contributed by atoms with E-state index in [1.807, 2.05) is 12.1 Å². The number of hydrogen-bond donors (Lipinski definition) is 0. The first kappa shape index (κ1) is 28.0. The van der Waals surface area contributed by atoms with Crippen LogP contribution in [0.2, 0.25) is 0 Å². The molecule has 0 unspecified atom stereocenters. The van der Waals surface area contributed by atoms with Crippen LogP contribution < -0.4 is 4.90 Å². The molecule has 0 aliphatic rings. The smallest absolute Gasteiger partial charge is 0.143 e. The van der Waals surface area contributed by atoms with Gasteiger partial charge >= 0.3 is 0 Å². The quantitative estimate of drug-likeness (QED) is 0.177. The number of para-hydroxylation sites is 2. The molecule has 3 heteroatoms. The molecule has 0 aliphatic heterocycles. The van der Waals surface area contributed by atoms with Crippen LogP contribution in [0.3, 0.4) is 0 Å². The van der Waals surface area contributed by atoms with Crippen LogP contribution in [-0.4, -0.2) is 0 Å². The molecule has 0 bridgehead atoms. The Balaban J connectivity index is 1.15. The number of furan rings is 2. The summed E-state index contributed by atoms with van der Waals surface area (Å²) in [5.74, 6) is 0. The average molecular weight is 652 g/mol. The van der Waals surface area contributed by atoms with Gasteiger partial charge in [-0.3, -0.25) is 0 Å². The molecule has 0 saturated carbocycles. The number of hydrogen-bond acceptors (Lipinski definition) is 3. The molecular formula is C48H29NO2. The Morgan fingerprint density at radius 1 is 0.353 bits per heavy atom. The molecule has 0 saturated heterocycles. The number of nitrogens with zero attached hydrogens (tertiary/aromatic N) is 1. The summed E-state index contributed by atoms with van der Waals surface area (Å²) in [6, 6.07) is 62.6. The minimum Gasteiger partial charge on any atom is -0.456 e. The van der Waals surface area contributed by atoms with Gasteiger partial charge in [0.25, 0.3) is 0 Å². The van der Waals surface area contributed by atoms with Gasteiger partial charge in [-0.1, -0.05) is 133 Å². The van der Waals surface area contributed by atoms with Crippen molar-refractivity contribution in [1.29, 1.82) is 0 Å². The second-order valence-electron chi connectivity index (χ2n) is 13.2. The molecule has 238 valence electrons. The largest absolute Gasteiger partial charge is 0.456 e. The predicted molar refractivity (Wildman–Crippen MR) is 214 cm³/mol. The molecule has 0 atom stereocenters. The molecule has 2 heterocycles. The zero-order valence-corrected chi connectivity index (χ0v) is 27.5. The molecule has 0 radical (unpaired) electrons. The molecule has 3 nitrogen and oxygen atoms in total. The van der Waals surface area contributed by atoms with Crippen molar-refractivity contribution in [2.75, 3.05) is 4.90 Å². The van der Waals surface area contributed by atoms with E-state index in [1.54, 1.807) is 0 Å². The molecule has 0 aliphatic carbocycles. The summed E-state index contributed by atoms with van der Waals surface area (Å²) in [4.78, 5) is 2.40. The summed E-state index contributed by atoms with van der Waals surface area (Å²) in [5, 5.41) is 11.6. The Bertz CT molecular complexity index is 3150. The molecule has 51 heavy (non-hydrogen) atoms. The van der Waals surface area contributed by atoms with E-state index in [4.69, 9.17) is 8.83 Å². The van der Waals surface area contributed by atoms with Gasteiger partial charge in [0.2, 0.25) is 0 Å². The van der Waals surface area contributed by atoms with Gasteiger partial charge in [0, 0.05) is 38.2 Å². The molecule has 2 aromatic heterocycles. The zero-order valence-electron chi connectivity index (χ0n) is 27.5. The summed E-state index contributed by atoms with van der Waals surface area (Å²) >= 11 is 0. The van der Waals surface area contributed by atoms with Crippen molar-refractivity contribution < 1.29 is 8.83 Å². The highest BCUT2D eigenvalue weighted by Crippen LogP contribution is 2.47. The van der Waals surface area contributed by atoms with Gasteiger partial charge in [-0.05, 0) is 69.6 Å². The minimum atomic E-state index is 0.865. The fourth-order valence-corrected chi connectivity index (χ4v) is 8.11. The van der Waals surface area contributed by atoms with E-state index in [9.17, 15) is 0 Å². The van der Waals surface area contributed by atoms with Gasteiger partial charge in [-0.2, -0.15) is 0 Å². The maximum absolute atomic E-state index is 6.72. The summed E-state index contributed by atoms with van der Waals surface area (Å²) in [6.45, 7) is 0. The Kier molecular flexibility index (Phi) is 5.96. The third-order valence-electron chi connectivity index (χ3n) is 10.4. The summed E-state index contributed by atoms with van der Waals surface area (Å²) in [5.41, 5.74) is 8.99. The summed E-state index contributed by atoms with van der Waals surface area (Å²) in [7, 11) is 0. The maximum atomic E-state index is 6.72. The SMILES string of the molecule is c1ccc2c(c1)cc(N(c1ccc(-c3cccc4c3oc3c5ccccc5ccc43)cc1)c1cccc3oc4ccccc4c13)c1ccccc12. The molecule has 0 spiro atoms. The Morgan fingerprint density at radius 3 is 1.86 bits per heavy atom. The number of fused-ring (bicyclic) bond motifs is 11. The standard InChI is InChI=1S/C48H29NO2/c1-4-14-35-30(11-1)25-28-40-39-19-9-18-36(47(39)51-48(35)40)31-23-26-33(27-24-31)49(42-20-10-22-45-46(42)41-17-7-8-21-44(41)50-45)43-29-32-12-2-3-13-34(32)37-15-5-6-16-38(37)43/h1-29H. The van der Waals surface area contributed by atoms with E-state index < -0.39 is 0 Å². The molecule has 0 N–H and O–H groups in total. The van der Waals surface area contributed by atoms with Crippen molar-refractivity contribution in [1.82, 2.24) is 0 Å². The molecular weight excluding hydrogens is 623 g/mol. The van der Waals surface area contributed by atoms with E-state index in [-0.39, 0.29) is 0 Å². The average Bonchev–Trinajstić information content (AvgIpc) is 3.78. The van der Waals surface area contributed by atoms with Crippen molar-refractivity contribution in [3.05, 3.63) is 176 Å². The normalized spacial score (nSPS) is 11.9. The molecule has 0 amide bonds. The van der Waals surface area contributed by atoms with Crippen LogP contribution in [0.4, 0.5) is 17.1 Å². The van der Waals surface area contributed by atoms with Crippen LogP contribution in [0.15, 0.2) is 185 Å². The second kappa shape index (κ2) is 10.8. The van der Waals surface area contributed by atoms with Crippen molar-refractivity contribution in [2.24, 2.45) is 0 Å². The lowest BCUT2D eigenvalue weighted by Crippen LogP contribution is -2.11. The van der Waals surface area contributed by atoms with Gasteiger partial charge in [0.05, 0.1) is 16.8 Å². The molecule has 11 aromatic rings. The van der Waals surface area contributed by atoms with Crippen LogP contribution in [0, 0.1) is 0 Å². The number of rotatable bonds is 4. The van der Waals surface area contributed by atoms with E-state index in [0.717, 1.165) is 77.5 Å². The highest BCUT2D eigenvalue weighted by Gasteiger charge is 2.22. The summed E-state index contributed by atoms with van der Waals surface area (Å²) < 4.78 is 13.1. The van der Waals surface area contributed by atoms with Crippen molar-refractivity contribution in [2.45, 2.75) is 0 Å². The monoisotopic (exact) mass is 651 g/mol. The third kappa shape index (κ3) is 4.19. The van der Waals surface area contributed by atoms with E-state index in [2.05, 4.69) is 169 Å². The lowest BCUT2D eigenvalue weighted by molar-refractivity contribution is 0.669. The lowest BCUT2D eigenvalue weighted by Gasteiger charge is -2.28. The molecule has 9 aromatic carbocycles. The van der Waals surface area contributed by atoms with Crippen LogP contribution in [0.5, 0.6) is 0 Å². The first-order chi connectivity index (χ1) is 25.3. The second-order valence-corrected chi connectivity index (χ2v) is 13.2. The first-order valence-electron chi connectivity index (χ1n) is 17.3. The van der Waals surface area contributed by atoms with Crippen LogP contribution in [0.1, 0.15) is 0 Å². The Hall–Kier alpha value is -6.84. The van der Waals surface area contributed by atoms with Gasteiger partial charge < -0.3 is 13.7 Å². The molecule has 0 fully saturated rings. The Labute approximate surface area is 293 Å². The maximum Gasteiger partial charge on any atom is 0.143 e. The predicted octanol–water partition coefficient (Wildman–Crippen LogP) is 14.1. The number of anilines is 3. The zero-order chi connectivity index (χ0) is 33.5. The lowest BCUT2D eigenvalue weighted by atomic mass is 9.98.